The third kappa shape index (κ3) is 7.78. The Labute approximate surface area is 407 Å². The molecule has 68 heavy (non-hydrogen) atoms. The van der Waals surface area contributed by atoms with E-state index in [9.17, 15) is 0 Å². The first-order valence-corrected chi connectivity index (χ1v) is 23.3. The highest BCUT2D eigenvalue weighted by molar-refractivity contribution is 6.16. The van der Waals surface area contributed by atoms with E-state index in [4.69, 9.17) is 16.6 Å². The number of ether oxygens (including phenoxy) is 1. The summed E-state index contributed by atoms with van der Waals surface area (Å²) in [5.74, 6) is 1.95. The highest BCUT2D eigenvalue weighted by Crippen LogP contribution is 2.51. The second kappa shape index (κ2) is 16.8. The first-order chi connectivity index (χ1) is 35.0. The van der Waals surface area contributed by atoms with Gasteiger partial charge in [0.2, 0.25) is 0 Å². The normalized spacial score (nSPS) is 13.8. The van der Waals surface area contributed by atoms with Crippen LogP contribution in [0.25, 0.3) is 61.0 Å². The molecule has 0 fully saturated rings. The molecule has 0 aliphatic carbocycles. The Hall–Kier alpha value is -7.89. The maximum absolute atomic E-state index is 8.71. The molecule has 1 aliphatic heterocycles. The smallest absolute Gasteiger partial charge is 0.137 e. The number of anilines is 4. The number of pyridine rings is 1. The van der Waals surface area contributed by atoms with Crippen molar-refractivity contribution >= 4 is 44.6 Å². The highest BCUT2D eigenvalue weighted by atomic mass is 16.5. The van der Waals surface area contributed by atoms with Crippen molar-refractivity contribution in [2.75, 3.05) is 16.5 Å². The SMILES string of the molecule is [2H]c1c([2H])c([2H])c(-c2cnc(-n3c4cc(Oc5cccc(N6CN(c7cc(C(C)(C)C)cc(C(C)(C)C)c7)c7c(-c8ccccc8)cccc76)c5)ccc4c4c(-c5ccccc5)cccc43)cc2C)c([2H])c1[2H]. The lowest BCUT2D eigenvalue weighted by atomic mass is 9.80. The molecule has 3 heterocycles. The van der Waals surface area contributed by atoms with Crippen LogP contribution >= 0.6 is 0 Å². The molecule has 5 nitrogen and oxygen atoms in total. The number of hydrogen-bond acceptors (Lipinski definition) is 4. The van der Waals surface area contributed by atoms with E-state index in [1.807, 2.05) is 43.3 Å². The summed E-state index contributed by atoms with van der Waals surface area (Å²) in [6.45, 7) is 16.2. The molecule has 8 aromatic carbocycles. The van der Waals surface area contributed by atoms with Crippen molar-refractivity contribution in [3.63, 3.8) is 0 Å². The zero-order chi connectivity index (χ0) is 51.1. The second-order valence-corrected chi connectivity index (χ2v) is 19.8. The molecule has 0 bridgehead atoms. The van der Waals surface area contributed by atoms with Crippen molar-refractivity contribution in [2.24, 2.45) is 0 Å². The Balaban J connectivity index is 1.02. The number of hydrogen-bond donors (Lipinski definition) is 0. The zero-order valence-electron chi connectivity index (χ0n) is 44.6. The van der Waals surface area contributed by atoms with Gasteiger partial charge >= 0.3 is 0 Å². The predicted molar refractivity (Wildman–Crippen MR) is 286 cm³/mol. The van der Waals surface area contributed by atoms with Crippen LogP contribution in [0.3, 0.4) is 0 Å². The maximum atomic E-state index is 8.71. The van der Waals surface area contributed by atoms with Crippen molar-refractivity contribution in [1.82, 2.24) is 9.55 Å². The van der Waals surface area contributed by atoms with E-state index in [1.165, 1.54) is 16.7 Å². The van der Waals surface area contributed by atoms with Crippen LogP contribution in [0.15, 0.2) is 200 Å². The number of rotatable bonds is 8. The van der Waals surface area contributed by atoms with Crippen LogP contribution in [0.5, 0.6) is 11.5 Å². The molecule has 5 heteroatoms. The fourth-order valence-corrected chi connectivity index (χ4v) is 9.61. The fraction of sp³-hybridized carbons (Fsp3) is 0.159. The fourth-order valence-electron chi connectivity index (χ4n) is 9.61. The van der Waals surface area contributed by atoms with Gasteiger partial charge in [0.05, 0.1) is 29.3 Å². The first kappa shape index (κ1) is 37.2. The Kier molecular flexibility index (Phi) is 9.18. The summed E-state index contributed by atoms with van der Waals surface area (Å²) in [4.78, 5) is 9.83. The quantitative estimate of drug-likeness (QED) is 0.152. The van der Waals surface area contributed by atoms with Gasteiger partial charge < -0.3 is 14.5 Å². The van der Waals surface area contributed by atoms with Gasteiger partial charge in [-0.3, -0.25) is 4.57 Å². The van der Waals surface area contributed by atoms with Crippen LogP contribution in [0.4, 0.5) is 22.7 Å². The number of fused-ring (bicyclic) bond motifs is 4. The summed E-state index contributed by atoms with van der Waals surface area (Å²) in [7, 11) is 0. The lowest BCUT2D eigenvalue weighted by molar-refractivity contribution is 0.483. The Morgan fingerprint density at radius 2 is 1.18 bits per heavy atom. The van der Waals surface area contributed by atoms with E-state index in [-0.39, 0.29) is 40.6 Å². The van der Waals surface area contributed by atoms with Crippen LogP contribution in [-0.2, 0) is 10.8 Å². The van der Waals surface area contributed by atoms with E-state index in [2.05, 4.69) is 183 Å². The molecule has 1 aliphatic rings. The van der Waals surface area contributed by atoms with Gasteiger partial charge in [-0.15, -0.1) is 0 Å². The van der Waals surface area contributed by atoms with Crippen molar-refractivity contribution in [2.45, 2.75) is 59.3 Å². The van der Waals surface area contributed by atoms with Gasteiger partial charge in [-0.1, -0.05) is 169 Å². The van der Waals surface area contributed by atoms with Crippen molar-refractivity contribution in [3.05, 3.63) is 217 Å². The molecular formula is C63H56N4O. The van der Waals surface area contributed by atoms with Gasteiger partial charge in [-0.05, 0) is 111 Å². The molecule has 0 spiro atoms. The minimum Gasteiger partial charge on any atom is -0.457 e. The number of aryl methyl sites for hydroxylation is 1. The zero-order valence-corrected chi connectivity index (χ0v) is 39.6. The van der Waals surface area contributed by atoms with Gasteiger partial charge in [-0.25, -0.2) is 4.98 Å². The molecule has 2 aromatic heterocycles. The average molecular weight is 890 g/mol. The molecule has 0 atom stereocenters. The summed E-state index contributed by atoms with van der Waals surface area (Å²) in [6.07, 6.45) is 1.62. The Bertz CT molecular complexity index is 3740. The molecule has 0 N–H and O–H groups in total. The molecular weight excluding hydrogens is 829 g/mol. The second-order valence-electron chi connectivity index (χ2n) is 19.8. The van der Waals surface area contributed by atoms with Gasteiger partial charge in [0.15, 0.2) is 0 Å². The van der Waals surface area contributed by atoms with Crippen LogP contribution in [-0.4, -0.2) is 16.2 Å². The van der Waals surface area contributed by atoms with Gasteiger partial charge in [0.1, 0.15) is 24.0 Å². The molecule has 0 saturated carbocycles. The summed E-state index contributed by atoms with van der Waals surface area (Å²) < 4.78 is 51.3. The molecule has 11 rings (SSSR count). The first-order valence-electron chi connectivity index (χ1n) is 25.8. The van der Waals surface area contributed by atoms with Crippen LogP contribution in [0.1, 0.15) is 65.1 Å². The molecule has 0 amide bonds. The van der Waals surface area contributed by atoms with Crippen molar-refractivity contribution in [3.8, 4) is 50.7 Å². The third-order valence-electron chi connectivity index (χ3n) is 13.2. The monoisotopic (exact) mass is 889 g/mol. The maximum Gasteiger partial charge on any atom is 0.137 e. The summed E-state index contributed by atoms with van der Waals surface area (Å²) in [5.41, 5.74) is 14.5. The van der Waals surface area contributed by atoms with Crippen molar-refractivity contribution in [1.29, 1.82) is 0 Å². The van der Waals surface area contributed by atoms with E-state index < -0.39 is 6.04 Å². The minimum atomic E-state index is -0.428. The van der Waals surface area contributed by atoms with E-state index in [1.54, 1.807) is 6.20 Å². The molecule has 0 radical (unpaired) electrons. The van der Waals surface area contributed by atoms with Crippen LogP contribution < -0.4 is 14.5 Å². The van der Waals surface area contributed by atoms with E-state index >= 15 is 0 Å². The van der Waals surface area contributed by atoms with E-state index in [0.717, 1.165) is 66.8 Å². The standard InChI is InChI=1S/C63H56N4O/c1-42-34-59(64-40-55(42)45-24-15-10-16-25-45)67-56-30-18-28-52(43-20-11-8-12-21-43)60(56)54-33-32-51(39-58(54)67)68-50-27-17-26-48(38-50)65-41-66(49-36-46(62(2,3)4)35-47(37-49)63(5,6)7)61-53(29-19-31-57(61)65)44-22-13-9-14-23-44/h8-40H,41H2,1-7H3/i10D,15D,16D,24D,25D. The predicted octanol–water partition coefficient (Wildman–Crippen LogP) is 17.1. The number of nitrogens with zero attached hydrogens (tertiary/aromatic N) is 4. The van der Waals surface area contributed by atoms with Gasteiger partial charge in [-0.2, -0.15) is 0 Å². The molecule has 0 unspecified atom stereocenters. The van der Waals surface area contributed by atoms with E-state index in [0.29, 0.717) is 29.5 Å². The van der Waals surface area contributed by atoms with Crippen LogP contribution in [0, 0.1) is 6.92 Å². The summed E-state index contributed by atoms with van der Waals surface area (Å²) in [5, 5.41) is 2.07. The minimum absolute atomic E-state index is 0.0536. The lowest BCUT2D eigenvalue weighted by Crippen LogP contribution is -2.25. The van der Waals surface area contributed by atoms with Crippen molar-refractivity contribution < 1.29 is 11.6 Å². The highest BCUT2D eigenvalue weighted by Gasteiger charge is 2.33. The van der Waals surface area contributed by atoms with Crippen LogP contribution in [0.2, 0.25) is 0 Å². The number of aromatic nitrogens is 2. The largest absolute Gasteiger partial charge is 0.457 e. The third-order valence-corrected chi connectivity index (χ3v) is 13.2. The van der Waals surface area contributed by atoms with Gasteiger partial charge in [0, 0.05) is 51.6 Å². The Morgan fingerprint density at radius 1 is 0.529 bits per heavy atom. The Morgan fingerprint density at radius 3 is 1.87 bits per heavy atom. The lowest BCUT2D eigenvalue weighted by Gasteiger charge is -2.30. The summed E-state index contributed by atoms with van der Waals surface area (Å²) in [6, 6.07) is 55.7. The molecule has 10 aromatic rings. The molecule has 0 saturated heterocycles. The van der Waals surface area contributed by atoms with Gasteiger partial charge in [0.25, 0.3) is 0 Å². The average Bonchev–Trinajstić information content (AvgIpc) is 3.94. The molecule has 334 valence electrons. The number of benzene rings is 8. The topological polar surface area (TPSA) is 33.5 Å². The number of para-hydroxylation sites is 1. The summed E-state index contributed by atoms with van der Waals surface area (Å²) >= 11 is 0.